The van der Waals surface area contributed by atoms with E-state index < -0.39 is 11.7 Å². The number of rotatable bonds is 6. The van der Waals surface area contributed by atoms with E-state index in [1.165, 1.54) is 17.4 Å². The van der Waals surface area contributed by atoms with Gasteiger partial charge >= 0.3 is 0 Å². The number of halogens is 1. The molecule has 0 aliphatic rings. The lowest BCUT2D eigenvalue weighted by Gasteiger charge is -2.07. The summed E-state index contributed by atoms with van der Waals surface area (Å²) in [5, 5.41) is 7.56. The maximum atomic E-state index is 13.5. The normalized spacial score (nSPS) is 10.5. The lowest BCUT2D eigenvalue weighted by atomic mass is 10.1. The van der Waals surface area contributed by atoms with Crippen LogP contribution in [0.4, 0.5) is 4.39 Å². The fourth-order valence-electron chi connectivity index (χ4n) is 2.17. The molecular formula is C18H16FN3O3S. The molecule has 0 aliphatic heterocycles. The zero-order valence-electron chi connectivity index (χ0n) is 13.9. The molecule has 3 rings (SSSR count). The fourth-order valence-corrected chi connectivity index (χ4v) is 2.94. The summed E-state index contributed by atoms with van der Waals surface area (Å²) in [7, 11) is 0. The van der Waals surface area contributed by atoms with Gasteiger partial charge in [-0.2, -0.15) is 0 Å². The summed E-state index contributed by atoms with van der Waals surface area (Å²) in [4.78, 5) is 28.2. The summed E-state index contributed by atoms with van der Waals surface area (Å²) in [6.07, 6.45) is 1.54. The number of hydrogen-bond donors (Lipinski definition) is 2. The van der Waals surface area contributed by atoms with Crippen LogP contribution in [0.15, 0.2) is 46.4 Å². The van der Waals surface area contributed by atoms with Crippen molar-refractivity contribution in [1.29, 1.82) is 0 Å². The highest BCUT2D eigenvalue weighted by Gasteiger charge is 2.13. The molecule has 0 atom stereocenters. The smallest absolute Gasteiger partial charge is 0.270 e. The number of aryl methyl sites for hydroxylation is 1. The molecule has 0 saturated carbocycles. The van der Waals surface area contributed by atoms with Crippen molar-refractivity contribution in [3.63, 3.8) is 0 Å². The van der Waals surface area contributed by atoms with Crippen molar-refractivity contribution >= 4 is 23.2 Å². The molecule has 0 radical (unpaired) electrons. The summed E-state index contributed by atoms with van der Waals surface area (Å²) in [6.45, 7) is 2.07. The van der Waals surface area contributed by atoms with Crippen LogP contribution in [0.25, 0.3) is 10.8 Å². The van der Waals surface area contributed by atoms with Gasteiger partial charge in [-0.1, -0.05) is 6.07 Å². The monoisotopic (exact) mass is 373 g/mol. The molecule has 2 amide bonds. The number of carbonyl (C=O) groups excluding carboxylic acids is 2. The second-order valence-corrected chi connectivity index (χ2v) is 6.35. The number of benzene rings is 1. The number of amides is 2. The van der Waals surface area contributed by atoms with Gasteiger partial charge in [-0.25, -0.2) is 9.37 Å². The van der Waals surface area contributed by atoms with Gasteiger partial charge in [-0.3, -0.25) is 9.59 Å². The summed E-state index contributed by atoms with van der Waals surface area (Å²) in [5.41, 5.74) is 1.00. The van der Waals surface area contributed by atoms with Crippen LogP contribution >= 0.6 is 11.3 Å². The van der Waals surface area contributed by atoms with Crippen LogP contribution in [0, 0.1) is 12.7 Å². The quantitative estimate of drug-likeness (QED) is 0.651. The number of hydrogen-bond acceptors (Lipinski definition) is 5. The van der Waals surface area contributed by atoms with Gasteiger partial charge in [0, 0.05) is 24.0 Å². The highest BCUT2D eigenvalue weighted by atomic mass is 32.1. The van der Waals surface area contributed by atoms with E-state index in [9.17, 15) is 14.0 Å². The number of thiazole rings is 1. The average Bonchev–Trinajstić information content (AvgIpc) is 3.31. The van der Waals surface area contributed by atoms with Crippen molar-refractivity contribution < 1.29 is 18.4 Å². The van der Waals surface area contributed by atoms with Gasteiger partial charge in [0.15, 0.2) is 10.8 Å². The summed E-state index contributed by atoms with van der Waals surface area (Å²) in [6, 6.07) is 7.81. The minimum atomic E-state index is -0.429. The summed E-state index contributed by atoms with van der Waals surface area (Å²) < 4.78 is 18.7. The Kier molecular flexibility index (Phi) is 5.43. The second-order valence-electron chi connectivity index (χ2n) is 5.49. The molecule has 8 heteroatoms. The Hall–Kier alpha value is -3.00. The van der Waals surface area contributed by atoms with Crippen LogP contribution in [0.3, 0.4) is 0 Å². The molecule has 0 fully saturated rings. The third-order valence-corrected chi connectivity index (χ3v) is 4.46. The first-order valence-electron chi connectivity index (χ1n) is 7.86. The van der Waals surface area contributed by atoms with E-state index in [1.54, 1.807) is 42.8 Å². The summed E-state index contributed by atoms with van der Waals surface area (Å²) in [5.74, 6) is -0.560. The highest BCUT2D eigenvalue weighted by Crippen LogP contribution is 2.23. The maximum Gasteiger partial charge on any atom is 0.270 e. The molecule has 3 aromatic rings. The predicted molar refractivity (Wildman–Crippen MR) is 95.6 cm³/mol. The Bertz CT molecular complexity index is 922. The first kappa shape index (κ1) is 17.8. The zero-order chi connectivity index (χ0) is 18.5. The topological polar surface area (TPSA) is 84.2 Å². The van der Waals surface area contributed by atoms with Gasteiger partial charge in [0.2, 0.25) is 0 Å². The van der Waals surface area contributed by atoms with Gasteiger partial charge in [-0.15, -0.1) is 11.3 Å². The van der Waals surface area contributed by atoms with Gasteiger partial charge in [0.25, 0.3) is 11.8 Å². The molecule has 26 heavy (non-hydrogen) atoms. The van der Waals surface area contributed by atoms with Crippen molar-refractivity contribution in [1.82, 2.24) is 15.6 Å². The van der Waals surface area contributed by atoms with Crippen LogP contribution in [-0.4, -0.2) is 29.9 Å². The highest BCUT2D eigenvalue weighted by molar-refractivity contribution is 7.13. The molecule has 134 valence electrons. The first-order valence-corrected chi connectivity index (χ1v) is 8.74. The van der Waals surface area contributed by atoms with Crippen molar-refractivity contribution in [2.45, 2.75) is 6.92 Å². The zero-order valence-corrected chi connectivity index (χ0v) is 14.7. The molecule has 1 aromatic carbocycles. The molecule has 6 nitrogen and oxygen atoms in total. The molecule has 0 unspecified atom stereocenters. The van der Waals surface area contributed by atoms with Crippen molar-refractivity contribution in [2.24, 2.45) is 0 Å². The molecule has 2 N–H and O–H groups in total. The van der Waals surface area contributed by atoms with Gasteiger partial charge < -0.3 is 15.1 Å². The van der Waals surface area contributed by atoms with Gasteiger partial charge in [0.05, 0.1) is 6.26 Å². The average molecular weight is 373 g/mol. The SMILES string of the molecule is Cc1ccc(C(=O)NCCNC(=O)c2csc(-c3ccco3)n2)cc1F. The Morgan fingerprint density at radius 1 is 1.19 bits per heavy atom. The molecule has 0 aliphatic carbocycles. The Morgan fingerprint density at radius 2 is 1.96 bits per heavy atom. The number of furan rings is 1. The van der Waals surface area contributed by atoms with Crippen molar-refractivity contribution in [3.8, 4) is 10.8 Å². The number of aromatic nitrogens is 1. The van der Waals surface area contributed by atoms with E-state index >= 15 is 0 Å². The van der Waals surface area contributed by atoms with Crippen molar-refractivity contribution in [2.75, 3.05) is 13.1 Å². The molecule has 0 spiro atoms. The number of carbonyl (C=O) groups is 2. The van der Waals surface area contributed by atoms with Gasteiger partial charge in [-0.05, 0) is 36.8 Å². The van der Waals surface area contributed by atoms with E-state index in [-0.39, 0.29) is 30.3 Å². The molecular weight excluding hydrogens is 357 g/mol. The van der Waals surface area contributed by atoms with E-state index in [1.807, 2.05) is 0 Å². The largest absolute Gasteiger partial charge is 0.462 e. The third-order valence-electron chi connectivity index (χ3n) is 3.60. The standard InChI is InChI=1S/C18H16FN3O3S/c1-11-4-5-12(9-13(11)19)16(23)20-6-7-21-17(24)14-10-26-18(22-14)15-3-2-8-25-15/h2-5,8-10H,6-7H2,1H3,(H,20,23)(H,21,24). The fraction of sp³-hybridized carbons (Fsp3) is 0.167. The Morgan fingerprint density at radius 3 is 2.65 bits per heavy atom. The molecule has 0 bridgehead atoms. The van der Waals surface area contributed by atoms with Crippen LogP contribution in [0.2, 0.25) is 0 Å². The molecule has 2 heterocycles. The van der Waals surface area contributed by atoms with Crippen LogP contribution in [0.1, 0.15) is 26.4 Å². The maximum absolute atomic E-state index is 13.5. The van der Waals surface area contributed by atoms with E-state index in [0.717, 1.165) is 0 Å². The minimum absolute atomic E-state index is 0.218. The Labute approximate surface area is 153 Å². The first-order chi connectivity index (χ1) is 12.5. The summed E-state index contributed by atoms with van der Waals surface area (Å²) >= 11 is 1.31. The lowest BCUT2D eigenvalue weighted by Crippen LogP contribution is -2.34. The van der Waals surface area contributed by atoms with Crippen LogP contribution in [0.5, 0.6) is 0 Å². The van der Waals surface area contributed by atoms with Crippen molar-refractivity contribution in [3.05, 3.63) is 64.6 Å². The van der Waals surface area contributed by atoms with Gasteiger partial charge in [0.1, 0.15) is 11.5 Å². The number of nitrogens with one attached hydrogen (secondary N) is 2. The van der Waals surface area contributed by atoms with E-state index in [0.29, 0.717) is 16.3 Å². The number of nitrogens with zero attached hydrogens (tertiary/aromatic N) is 1. The van der Waals surface area contributed by atoms with Crippen LogP contribution < -0.4 is 10.6 Å². The minimum Gasteiger partial charge on any atom is -0.462 e. The lowest BCUT2D eigenvalue weighted by molar-refractivity contribution is 0.0925. The molecule has 2 aromatic heterocycles. The predicted octanol–water partition coefficient (Wildman–Crippen LogP) is 3.01. The van der Waals surface area contributed by atoms with E-state index in [4.69, 9.17) is 4.42 Å². The second kappa shape index (κ2) is 7.92. The Balaban J connectivity index is 1.46. The molecule has 0 saturated heterocycles. The third kappa shape index (κ3) is 4.15. The van der Waals surface area contributed by atoms with Crippen LogP contribution in [-0.2, 0) is 0 Å². The van der Waals surface area contributed by atoms with E-state index in [2.05, 4.69) is 15.6 Å².